The van der Waals surface area contributed by atoms with Crippen molar-refractivity contribution >= 4 is 10.1 Å². The van der Waals surface area contributed by atoms with Crippen molar-refractivity contribution < 1.29 is 12.6 Å². The molecule has 0 spiro atoms. The lowest BCUT2D eigenvalue weighted by Crippen LogP contribution is -2.28. The first-order chi connectivity index (χ1) is 10.5. The molecule has 1 aliphatic carbocycles. The molecule has 4 heteroatoms. The van der Waals surface area contributed by atoms with Gasteiger partial charge in [0.05, 0.1) is 11.0 Å². The molecular formula is C18H24O3S. The Labute approximate surface area is 133 Å². The minimum atomic E-state index is -3.72. The van der Waals surface area contributed by atoms with Gasteiger partial charge in [-0.15, -0.1) is 5.73 Å². The summed E-state index contributed by atoms with van der Waals surface area (Å²) in [5.74, 6) is 0.290. The van der Waals surface area contributed by atoms with Crippen LogP contribution in [0.5, 0.6) is 0 Å². The van der Waals surface area contributed by atoms with E-state index >= 15 is 0 Å². The maximum atomic E-state index is 12.5. The van der Waals surface area contributed by atoms with E-state index in [4.69, 9.17) is 4.18 Å². The number of hydrogen-bond donors (Lipinski definition) is 0. The maximum Gasteiger partial charge on any atom is 0.297 e. The van der Waals surface area contributed by atoms with Gasteiger partial charge in [0.25, 0.3) is 10.1 Å². The molecule has 0 bridgehead atoms. The van der Waals surface area contributed by atoms with Crippen molar-refractivity contribution in [2.75, 3.05) is 0 Å². The second kappa shape index (κ2) is 7.77. The van der Waals surface area contributed by atoms with E-state index in [9.17, 15) is 8.42 Å². The van der Waals surface area contributed by atoms with Crippen LogP contribution in [-0.4, -0.2) is 14.5 Å². The summed E-state index contributed by atoms with van der Waals surface area (Å²) in [6.45, 7) is 5.48. The molecule has 0 saturated heterocycles. The number of rotatable bonds is 6. The van der Waals surface area contributed by atoms with Crippen LogP contribution in [0.1, 0.15) is 44.1 Å². The zero-order valence-electron chi connectivity index (χ0n) is 13.1. The Morgan fingerprint density at radius 3 is 2.50 bits per heavy atom. The molecule has 1 aromatic rings. The van der Waals surface area contributed by atoms with Gasteiger partial charge in [-0.3, -0.25) is 4.18 Å². The SMILES string of the molecule is C=C=CCC(OS(=O)(=O)c1ccc(C)cc1)C1CCCCC1. The zero-order valence-corrected chi connectivity index (χ0v) is 13.9. The minimum Gasteiger partial charge on any atom is -0.262 e. The highest BCUT2D eigenvalue weighted by molar-refractivity contribution is 7.86. The van der Waals surface area contributed by atoms with E-state index in [-0.39, 0.29) is 11.0 Å². The molecule has 0 aliphatic heterocycles. The van der Waals surface area contributed by atoms with Gasteiger partial charge >= 0.3 is 0 Å². The summed E-state index contributed by atoms with van der Waals surface area (Å²) in [7, 11) is -3.72. The maximum absolute atomic E-state index is 12.5. The standard InChI is InChI=1S/C18H24O3S/c1-3-4-10-18(16-8-6-5-7-9-16)21-22(19,20)17-13-11-15(2)12-14-17/h4,11-14,16,18H,1,5-10H2,2H3. The van der Waals surface area contributed by atoms with E-state index in [2.05, 4.69) is 12.3 Å². The molecule has 0 N–H and O–H groups in total. The molecule has 120 valence electrons. The van der Waals surface area contributed by atoms with Gasteiger partial charge in [0.15, 0.2) is 0 Å². The van der Waals surface area contributed by atoms with Crippen LogP contribution in [0.3, 0.4) is 0 Å². The van der Waals surface area contributed by atoms with Crippen molar-refractivity contribution in [2.45, 2.75) is 56.4 Å². The summed E-state index contributed by atoms with van der Waals surface area (Å²) in [6.07, 6.45) is 7.56. The fraction of sp³-hybridized carbons (Fsp3) is 0.500. The summed E-state index contributed by atoms with van der Waals surface area (Å²) in [5, 5.41) is 0. The molecule has 1 unspecified atom stereocenters. The van der Waals surface area contributed by atoms with Crippen molar-refractivity contribution in [3.05, 3.63) is 48.2 Å². The zero-order chi connectivity index (χ0) is 16.0. The Hall–Kier alpha value is -1.35. The van der Waals surface area contributed by atoms with Gasteiger partial charge in [0, 0.05) is 6.42 Å². The number of aryl methyl sites for hydroxylation is 1. The first-order valence-corrected chi connectivity index (χ1v) is 9.28. The highest BCUT2D eigenvalue weighted by atomic mass is 32.2. The van der Waals surface area contributed by atoms with Gasteiger partial charge in [-0.05, 0) is 43.9 Å². The van der Waals surface area contributed by atoms with E-state index in [1.807, 2.05) is 6.92 Å². The minimum absolute atomic E-state index is 0.224. The van der Waals surface area contributed by atoms with Crippen LogP contribution in [0.25, 0.3) is 0 Å². The van der Waals surface area contributed by atoms with E-state index < -0.39 is 10.1 Å². The summed E-state index contributed by atoms with van der Waals surface area (Å²) >= 11 is 0. The second-order valence-corrected chi connectivity index (χ2v) is 7.52. The van der Waals surface area contributed by atoms with Gasteiger partial charge in [-0.1, -0.05) is 43.5 Å². The highest BCUT2D eigenvalue weighted by Gasteiger charge is 2.29. The highest BCUT2D eigenvalue weighted by Crippen LogP contribution is 2.31. The largest absolute Gasteiger partial charge is 0.297 e. The molecular weight excluding hydrogens is 296 g/mol. The van der Waals surface area contributed by atoms with Crippen LogP contribution in [0.4, 0.5) is 0 Å². The predicted octanol–water partition coefficient (Wildman–Crippen LogP) is 4.38. The van der Waals surface area contributed by atoms with E-state index in [0.29, 0.717) is 12.3 Å². The third-order valence-corrected chi connectivity index (χ3v) is 5.58. The molecule has 1 saturated carbocycles. The molecule has 0 heterocycles. The van der Waals surface area contributed by atoms with E-state index in [0.717, 1.165) is 31.2 Å². The molecule has 1 aliphatic rings. The first kappa shape index (κ1) is 17.0. The smallest absolute Gasteiger partial charge is 0.262 e. The Balaban J connectivity index is 2.16. The lowest BCUT2D eigenvalue weighted by molar-refractivity contribution is 0.116. The first-order valence-electron chi connectivity index (χ1n) is 7.87. The number of benzene rings is 1. The van der Waals surface area contributed by atoms with E-state index in [1.165, 1.54) is 6.42 Å². The van der Waals surface area contributed by atoms with Crippen molar-refractivity contribution in [2.24, 2.45) is 5.92 Å². The van der Waals surface area contributed by atoms with Crippen LogP contribution in [-0.2, 0) is 14.3 Å². The van der Waals surface area contributed by atoms with Gasteiger partial charge in [0.1, 0.15) is 0 Å². The Morgan fingerprint density at radius 2 is 1.91 bits per heavy atom. The van der Waals surface area contributed by atoms with Crippen LogP contribution in [0.15, 0.2) is 47.5 Å². The summed E-state index contributed by atoms with van der Waals surface area (Å²) < 4.78 is 30.6. The molecule has 3 nitrogen and oxygen atoms in total. The van der Waals surface area contributed by atoms with Crippen molar-refractivity contribution in [3.8, 4) is 0 Å². The van der Waals surface area contributed by atoms with Crippen LogP contribution < -0.4 is 0 Å². The Bertz CT molecular complexity index is 619. The van der Waals surface area contributed by atoms with E-state index in [1.54, 1.807) is 30.3 Å². The van der Waals surface area contributed by atoms with Gasteiger partial charge < -0.3 is 0 Å². The third kappa shape index (κ3) is 4.57. The van der Waals surface area contributed by atoms with Crippen LogP contribution >= 0.6 is 0 Å². The molecule has 1 fully saturated rings. The fourth-order valence-corrected chi connectivity index (χ4v) is 4.08. The number of hydrogen-bond acceptors (Lipinski definition) is 3. The Kier molecular flexibility index (Phi) is 6.01. The Morgan fingerprint density at radius 1 is 1.27 bits per heavy atom. The molecule has 0 amide bonds. The second-order valence-electron chi connectivity index (χ2n) is 5.94. The monoisotopic (exact) mass is 320 g/mol. The van der Waals surface area contributed by atoms with Crippen molar-refractivity contribution in [1.82, 2.24) is 0 Å². The predicted molar refractivity (Wildman–Crippen MR) is 88.1 cm³/mol. The van der Waals surface area contributed by atoms with Crippen molar-refractivity contribution in [3.63, 3.8) is 0 Å². The van der Waals surface area contributed by atoms with Gasteiger partial charge in [-0.2, -0.15) is 8.42 Å². The molecule has 1 atom stereocenters. The lowest BCUT2D eigenvalue weighted by atomic mass is 9.84. The molecule has 1 aromatic carbocycles. The normalized spacial score (nSPS) is 17.7. The van der Waals surface area contributed by atoms with Gasteiger partial charge in [0.2, 0.25) is 0 Å². The average molecular weight is 320 g/mol. The van der Waals surface area contributed by atoms with Crippen LogP contribution in [0.2, 0.25) is 0 Å². The molecule has 0 radical (unpaired) electrons. The third-order valence-electron chi connectivity index (χ3n) is 4.23. The lowest BCUT2D eigenvalue weighted by Gasteiger charge is -2.29. The quantitative estimate of drug-likeness (QED) is 0.577. The summed E-state index contributed by atoms with van der Waals surface area (Å²) in [6, 6.07) is 6.78. The molecule has 22 heavy (non-hydrogen) atoms. The topological polar surface area (TPSA) is 43.4 Å². The summed E-state index contributed by atoms with van der Waals surface area (Å²) in [4.78, 5) is 0.224. The molecule has 0 aromatic heterocycles. The van der Waals surface area contributed by atoms with Crippen LogP contribution in [0, 0.1) is 12.8 Å². The fourth-order valence-electron chi connectivity index (χ4n) is 2.94. The summed E-state index contributed by atoms with van der Waals surface area (Å²) in [5.41, 5.74) is 3.75. The van der Waals surface area contributed by atoms with Crippen molar-refractivity contribution in [1.29, 1.82) is 0 Å². The average Bonchev–Trinajstić information content (AvgIpc) is 2.52. The molecule has 2 rings (SSSR count). The van der Waals surface area contributed by atoms with Gasteiger partial charge in [-0.25, -0.2) is 0 Å².